The molecule has 1 aliphatic heterocycles. The van der Waals surface area contributed by atoms with E-state index in [0.717, 1.165) is 23.7 Å². The highest BCUT2D eigenvalue weighted by Gasteiger charge is 2.38. The topological polar surface area (TPSA) is 115 Å². The van der Waals surface area contributed by atoms with Gasteiger partial charge >= 0.3 is 5.69 Å². The van der Waals surface area contributed by atoms with Crippen LogP contribution in [0.3, 0.4) is 0 Å². The summed E-state index contributed by atoms with van der Waals surface area (Å²) >= 11 is 0. The summed E-state index contributed by atoms with van der Waals surface area (Å²) in [5.74, 6) is -0.114. The molecule has 0 spiro atoms. The van der Waals surface area contributed by atoms with Crippen molar-refractivity contribution in [2.75, 3.05) is 10.6 Å². The Kier molecular flexibility index (Phi) is 5.45. The molecule has 3 heterocycles. The third-order valence-electron chi connectivity index (χ3n) is 5.34. The number of aryl methyl sites for hydroxylation is 1. The van der Waals surface area contributed by atoms with Crippen LogP contribution in [0.4, 0.5) is 21.8 Å². The molecule has 170 valence electrons. The lowest BCUT2D eigenvalue weighted by Gasteiger charge is -2.46. The molecule has 11 heteroatoms. The normalized spacial score (nSPS) is 17.8. The van der Waals surface area contributed by atoms with Gasteiger partial charge in [-0.05, 0) is 69.2 Å². The Morgan fingerprint density at radius 3 is 2.53 bits per heavy atom. The number of piperidine rings is 1. The lowest BCUT2D eigenvalue weighted by atomic mass is 9.79. The van der Waals surface area contributed by atoms with Gasteiger partial charge in [0.25, 0.3) is 0 Å². The number of nitrogens with one attached hydrogen (secondary N) is 3. The second-order valence-electron chi connectivity index (χ2n) is 9.50. The lowest BCUT2D eigenvalue weighted by molar-refractivity contribution is 0.170. The molecule has 4 rings (SSSR count). The number of benzene rings is 1. The van der Waals surface area contributed by atoms with Crippen molar-refractivity contribution in [2.24, 2.45) is 7.05 Å². The fourth-order valence-corrected chi connectivity index (χ4v) is 4.47. The van der Waals surface area contributed by atoms with E-state index in [-0.39, 0.29) is 34.6 Å². The molecular formula is C21H28FN9O. The molecule has 0 atom stereocenters. The number of nitrogens with zero attached hydrogens (tertiary/aromatic N) is 6. The van der Waals surface area contributed by atoms with Crippen molar-refractivity contribution >= 4 is 17.5 Å². The van der Waals surface area contributed by atoms with Gasteiger partial charge in [-0.3, -0.25) is 0 Å². The van der Waals surface area contributed by atoms with Crippen LogP contribution < -0.4 is 21.6 Å². The summed E-state index contributed by atoms with van der Waals surface area (Å²) < 4.78 is 16.8. The minimum absolute atomic E-state index is 0.0605. The van der Waals surface area contributed by atoms with Gasteiger partial charge in [0.1, 0.15) is 0 Å². The van der Waals surface area contributed by atoms with Crippen molar-refractivity contribution in [1.29, 1.82) is 0 Å². The van der Waals surface area contributed by atoms with E-state index in [0.29, 0.717) is 11.4 Å². The fourth-order valence-electron chi connectivity index (χ4n) is 4.47. The highest BCUT2D eigenvalue weighted by molar-refractivity contribution is 5.58. The Bertz CT molecular complexity index is 1170. The van der Waals surface area contributed by atoms with Crippen LogP contribution in [0.2, 0.25) is 0 Å². The SMILES string of the molecule is Cn1nnn(-c2cccc(Nc3ncc(F)c(NC4CC(C)(C)NC(C)(C)C4)n3)c2)c1=O. The zero-order valence-electron chi connectivity index (χ0n) is 18.8. The molecule has 2 aromatic heterocycles. The summed E-state index contributed by atoms with van der Waals surface area (Å²) in [5, 5.41) is 17.5. The zero-order chi connectivity index (χ0) is 23.1. The molecule has 3 N–H and O–H groups in total. The highest BCUT2D eigenvalue weighted by Crippen LogP contribution is 2.31. The maximum absolute atomic E-state index is 14.5. The highest BCUT2D eigenvalue weighted by atomic mass is 19.1. The molecule has 0 bridgehead atoms. The number of hydrogen-bond acceptors (Lipinski definition) is 8. The van der Waals surface area contributed by atoms with E-state index in [4.69, 9.17) is 0 Å². The molecule has 0 unspecified atom stereocenters. The first-order valence-corrected chi connectivity index (χ1v) is 10.5. The number of rotatable bonds is 5. The van der Waals surface area contributed by atoms with Crippen LogP contribution >= 0.6 is 0 Å². The van der Waals surface area contributed by atoms with Gasteiger partial charge in [0.2, 0.25) is 5.95 Å². The predicted molar refractivity (Wildman–Crippen MR) is 120 cm³/mol. The van der Waals surface area contributed by atoms with Crippen LogP contribution in [-0.4, -0.2) is 46.9 Å². The Morgan fingerprint density at radius 1 is 1.16 bits per heavy atom. The molecule has 0 amide bonds. The third kappa shape index (κ3) is 4.77. The first kappa shape index (κ1) is 21.9. The molecule has 1 saturated heterocycles. The van der Waals surface area contributed by atoms with Gasteiger partial charge in [0, 0.05) is 29.9 Å². The Labute approximate surface area is 185 Å². The lowest BCUT2D eigenvalue weighted by Crippen LogP contribution is -2.60. The second-order valence-corrected chi connectivity index (χ2v) is 9.50. The van der Waals surface area contributed by atoms with Crippen molar-refractivity contribution in [3.8, 4) is 5.69 Å². The van der Waals surface area contributed by atoms with Crippen molar-refractivity contribution < 1.29 is 4.39 Å². The zero-order valence-corrected chi connectivity index (χ0v) is 18.8. The van der Waals surface area contributed by atoms with E-state index >= 15 is 0 Å². The number of halogens is 1. The van der Waals surface area contributed by atoms with Gasteiger partial charge < -0.3 is 16.0 Å². The molecule has 32 heavy (non-hydrogen) atoms. The molecule has 0 radical (unpaired) electrons. The summed E-state index contributed by atoms with van der Waals surface area (Å²) in [7, 11) is 1.53. The van der Waals surface area contributed by atoms with Crippen LogP contribution in [0, 0.1) is 5.82 Å². The van der Waals surface area contributed by atoms with Crippen molar-refractivity contribution in [3.63, 3.8) is 0 Å². The first-order chi connectivity index (χ1) is 15.0. The van der Waals surface area contributed by atoms with Crippen LogP contribution in [-0.2, 0) is 7.05 Å². The average Bonchev–Trinajstić information content (AvgIpc) is 3.01. The number of aromatic nitrogens is 6. The summed E-state index contributed by atoms with van der Waals surface area (Å²) in [4.78, 5) is 20.5. The van der Waals surface area contributed by atoms with Gasteiger partial charge in [0.15, 0.2) is 11.6 Å². The minimum atomic E-state index is -0.510. The van der Waals surface area contributed by atoms with Gasteiger partial charge in [0.05, 0.1) is 11.9 Å². The maximum atomic E-state index is 14.5. The molecule has 0 saturated carbocycles. The molecule has 1 aromatic carbocycles. The van der Waals surface area contributed by atoms with Crippen molar-refractivity contribution in [2.45, 2.75) is 57.7 Å². The van der Waals surface area contributed by atoms with E-state index in [9.17, 15) is 9.18 Å². The standard InChI is InChI=1S/C21H28FN9O/c1-20(2)10-14(11-21(3,4)27-20)24-17-16(22)12-23-18(26-17)25-13-7-6-8-15(9-13)31-19(32)30(5)28-29-31/h6-9,12,14,27H,10-11H2,1-5H3,(H2,23,24,25,26). The Balaban J connectivity index is 1.54. The van der Waals surface area contributed by atoms with Crippen LogP contribution in [0.15, 0.2) is 35.3 Å². The number of anilines is 3. The summed E-state index contributed by atoms with van der Waals surface area (Å²) in [6.07, 6.45) is 2.81. The summed E-state index contributed by atoms with van der Waals surface area (Å²) in [5.41, 5.74) is 0.639. The van der Waals surface area contributed by atoms with Crippen LogP contribution in [0.25, 0.3) is 5.69 Å². The van der Waals surface area contributed by atoms with Crippen LogP contribution in [0.1, 0.15) is 40.5 Å². The van der Waals surface area contributed by atoms with Crippen molar-refractivity contribution in [3.05, 3.63) is 46.8 Å². The Hall–Kier alpha value is -3.34. The number of tetrazole rings is 1. The van der Waals surface area contributed by atoms with Crippen molar-refractivity contribution in [1.82, 2.24) is 35.1 Å². The van der Waals surface area contributed by atoms with E-state index < -0.39 is 5.82 Å². The Morgan fingerprint density at radius 2 is 1.88 bits per heavy atom. The molecule has 10 nitrogen and oxygen atoms in total. The van der Waals surface area contributed by atoms with E-state index in [2.05, 4.69) is 64.0 Å². The van der Waals surface area contributed by atoms with Gasteiger partial charge in [-0.1, -0.05) is 6.07 Å². The smallest absolute Gasteiger partial charge is 0.365 e. The van der Waals surface area contributed by atoms with E-state index in [1.165, 1.54) is 11.7 Å². The van der Waals surface area contributed by atoms with E-state index in [1.807, 2.05) is 0 Å². The first-order valence-electron chi connectivity index (χ1n) is 10.5. The third-order valence-corrected chi connectivity index (χ3v) is 5.34. The largest absolute Gasteiger partial charge is 0.368 e. The van der Waals surface area contributed by atoms with Gasteiger partial charge in [-0.15, -0.1) is 0 Å². The average molecular weight is 442 g/mol. The van der Waals surface area contributed by atoms with Gasteiger partial charge in [-0.25, -0.2) is 14.2 Å². The molecule has 3 aromatic rings. The molecule has 1 aliphatic rings. The summed E-state index contributed by atoms with van der Waals surface area (Å²) in [6, 6.07) is 7.07. The predicted octanol–water partition coefficient (Wildman–Crippen LogP) is 2.36. The van der Waals surface area contributed by atoms with Gasteiger partial charge in [-0.2, -0.15) is 14.3 Å². The van der Waals surface area contributed by atoms with E-state index in [1.54, 1.807) is 24.3 Å². The van der Waals surface area contributed by atoms with Crippen LogP contribution in [0.5, 0.6) is 0 Å². The molecule has 1 fully saturated rings. The fraction of sp³-hybridized carbons (Fsp3) is 0.476. The maximum Gasteiger partial charge on any atom is 0.368 e. The molecular weight excluding hydrogens is 413 g/mol. The number of hydrogen-bond donors (Lipinski definition) is 3. The minimum Gasteiger partial charge on any atom is -0.365 e. The molecule has 0 aliphatic carbocycles. The monoisotopic (exact) mass is 441 g/mol. The quantitative estimate of drug-likeness (QED) is 0.553. The second kappa shape index (κ2) is 7.97. The summed E-state index contributed by atoms with van der Waals surface area (Å²) in [6.45, 7) is 8.56.